The van der Waals surface area contributed by atoms with Crippen LogP contribution < -0.4 is 0 Å². The fourth-order valence-corrected chi connectivity index (χ4v) is 14.6. The highest BCUT2D eigenvalue weighted by Crippen LogP contribution is 2.45. The molecule has 0 bridgehead atoms. The zero-order valence-electron chi connectivity index (χ0n) is 67.6. The predicted octanol–water partition coefficient (Wildman–Crippen LogP) is 25.5. The lowest BCUT2D eigenvalue weighted by molar-refractivity contribution is -0.161. The zero-order chi connectivity index (χ0) is 75.6. The number of phosphoric acid groups is 2. The number of hydrogen-bond acceptors (Lipinski definition) is 15. The van der Waals surface area contributed by atoms with Crippen molar-refractivity contribution in [1.29, 1.82) is 0 Å². The van der Waals surface area contributed by atoms with Crippen molar-refractivity contribution in [2.75, 3.05) is 39.6 Å². The fraction of sp³-hybridized carbons (Fsp3) is 0.952. The van der Waals surface area contributed by atoms with E-state index in [0.29, 0.717) is 25.7 Å². The van der Waals surface area contributed by atoms with Gasteiger partial charge in [-0.2, -0.15) is 0 Å². The van der Waals surface area contributed by atoms with Gasteiger partial charge in [-0.3, -0.25) is 37.3 Å². The second-order valence-corrected chi connectivity index (χ2v) is 34.1. The Morgan fingerprint density at radius 2 is 0.447 bits per heavy atom. The number of carbonyl (C=O) groups excluding carboxylic acids is 4. The van der Waals surface area contributed by atoms with Crippen molar-refractivity contribution in [2.45, 2.75) is 464 Å². The Morgan fingerprint density at radius 3 is 0.660 bits per heavy atom. The van der Waals surface area contributed by atoms with Gasteiger partial charge >= 0.3 is 39.5 Å². The molecule has 0 heterocycles. The topological polar surface area (TPSA) is 237 Å². The zero-order valence-corrected chi connectivity index (χ0v) is 69.4. The second-order valence-electron chi connectivity index (χ2n) is 31.2. The average Bonchev–Trinajstić information content (AvgIpc) is 0.963. The van der Waals surface area contributed by atoms with Crippen LogP contribution in [0.4, 0.5) is 0 Å². The highest BCUT2D eigenvalue weighted by Gasteiger charge is 2.30. The van der Waals surface area contributed by atoms with E-state index < -0.39 is 97.5 Å². The highest BCUT2D eigenvalue weighted by atomic mass is 31.2. The fourth-order valence-electron chi connectivity index (χ4n) is 13.1. The third-order valence-corrected chi connectivity index (χ3v) is 21.6. The SMILES string of the molecule is CCCCCCCCCCCCCCCCCCCCC(=O)OC[C@H](COP(=O)(O)OC[C@@H](O)COP(=O)(O)OC[C@@H](COC(=O)CCCCCCCCCCC(C)C)OC(=O)CCCCCCCCCCCCCCCCCC)OC(=O)CCCCCCCCCCCCCCCCCC(C)C. The molecule has 0 rings (SSSR count). The van der Waals surface area contributed by atoms with E-state index in [9.17, 15) is 43.2 Å². The van der Waals surface area contributed by atoms with Crippen LogP contribution in [0.3, 0.4) is 0 Å². The van der Waals surface area contributed by atoms with Crippen molar-refractivity contribution >= 4 is 39.5 Å². The van der Waals surface area contributed by atoms with Gasteiger partial charge in [0.1, 0.15) is 19.3 Å². The average molecular weight is 1510 g/mol. The number of carbonyl (C=O) groups is 4. The quantitative estimate of drug-likeness (QED) is 0.0222. The maximum Gasteiger partial charge on any atom is 0.472 e. The first-order valence-electron chi connectivity index (χ1n) is 43.5. The molecule has 0 aromatic carbocycles. The molecule has 612 valence electrons. The van der Waals surface area contributed by atoms with Crippen molar-refractivity contribution in [3.05, 3.63) is 0 Å². The second kappa shape index (κ2) is 75.5. The summed E-state index contributed by atoms with van der Waals surface area (Å²) < 4.78 is 68.8. The van der Waals surface area contributed by atoms with Crippen molar-refractivity contribution in [2.24, 2.45) is 11.8 Å². The van der Waals surface area contributed by atoms with Crippen molar-refractivity contribution < 1.29 is 80.2 Å². The van der Waals surface area contributed by atoms with Gasteiger partial charge in [0.25, 0.3) is 0 Å². The van der Waals surface area contributed by atoms with Crippen LogP contribution in [0.15, 0.2) is 0 Å². The highest BCUT2D eigenvalue weighted by molar-refractivity contribution is 7.47. The minimum atomic E-state index is -4.96. The number of rotatable bonds is 83. The Kier molecular flexibility index (Phi) is 74.1. The summed E-state index contributed by atoms with van der Waals surface area (Å²) >= 11 is 0. The molecule has 103 heavy (non-hydrogen) atoms. The van der Waals surface area contributed by atoms with Crippen molar-refractivity contribution in [3.8, 4) is 0 Å². The van der Waals surface area contributed by atoms with Crippen LogP contribution in [0, 0.1) is 11.8 Å². The Morgan fingerprint density at radius 1 is 0.262 bits per heavy atom. The number of unbranched alkanes of at least 4 members (excludes halogenated alkanes) is 53. The Hall–Kier alpha value is -1.94. The molecule has 0 aromatic rings. The van der Waals surface area contributed by atoms with Crippen LogP contribution >= 0.6 is 15.6 Å². The summed E-state index contributed by atoms with van der Waals surface area (Å²) in [6.07, 6.45) is 66.6. The molecule has 3 N–H and O–H groups in total. The summed E-state index contributed by atoms with van der Waals surface area (Å²) in [4.78, 5) is 73.2. The van der Waals surface area contributed by atoms with Gasteiger partial charge in [-0.1, -0.05) is 395 Å². The van der Waals surface area contributed by atoms with Crippen LogP contribution in [0.25, 0.3) is 0 Å². The molecule has 0 saturated heterocycles. The van der Waals surface area contributed by atoms with Gasteiger partial charge in [0.15, 0.2) is 12.2 Å². The minimum Gasteiger partial charge on any atom is -0.462 e. The lowest BCUT2D eigenvalue weighted by atomic mass is 10.0. The first kappa shape index (κ1) is 101. The Bertz CT molecular complexity index is 1980. The Balaban J connectivity index is 5.25. The molecule has 17 nitrogen and oxygen atoms in total. The third-order valence-electron chi connectivity index (χ3n) is 19.7. The van der Waals surface area contributed by atoms with E-state index in [0.717, 1.165) is 102 Å². The standard InChI is InChI=1S/C84H164O17P2/c1-7-9-11-13-15-17-19-21-23-25-26-30-33-37-41-48-54-60-66-81(86)94-72-79(100-83(88)69-63-57-51-43-39-35-31-27-28-32-36-40-46-52-58-64-76(3)4)74-98-102(90,91)96-70-78(85)71-97-103(92,93)99-75-80(73-95-82(87)67-61-55-49-45-44-47-53-59-65-77(5)6)101-84(89)68-62-56-50-42-38-34-29-24-22-20-18-16-14-12-10-8-2/h76-80,85H,7-75H2,1-6H3,(H,90,91)(H,92,93)/t78-,79-,80-/m1/s1. The van der Waals surface area contributed by atoms with Crippen LogP contribution in [0.5, 0.6) is 0 Å². The molecule has 0 aliphatic carbocycles. The maximum atomic E-state index is 13.1. The van der Waals surface area contributed by atoms with Crippen molar-refractivity contribution in [1.82, 2.24) is 0 Å². The molecular weight excluding hydrogens is 1340 g/mol. The van der Waals surface area contributed by atoms with E-state index >= 15 is 0 Å². The Labute approximate surface area is 632 Å². The molecule has 0 saturated carbocycles. The number of phosphoric ester groups is 2. The molecule has 2 unspecified atom stereocenters. The maximum absolute atomic E-state index is 13.1. The minimum absolute atomic E-state index is 0.108. The van der Waals surface area contributed by atoms with Gasteiger partial charge < -0.3 is 33.8 Å². The van der Waals surface area contributed by atoms with E-state index in [1.165, 1.54) is 263 Å². The van der Waals surface area contributed by atoms with E-state index in [1.807, 2.05) is 0 Å². The number of aliphatic hydroxyl groups excluding tert-OH is 1. The smallest absolute Gasteiger partial charge is 0.462 e. The predicted molar refractivity (Wildman–Crippen MR) is 423 cm³/mol. The van der Waals surface area contributed by atoms with E-state index in [1.54, 1.807) is 0 Å². The summed E-state index contributed by atoms with van der Waals surface area (Å²) in [5.74, 6) is -0.575. The summed E-state index contributed by atoms with van der Waals surface area (Å²) in [5, 5.41) is 10.7. The van der Waals surface area contributed by atoms with Gasteiger partial charge in [-0.05, 0) is 37.5 Å². The summed E-state index contributed by atoms with van der Waals surface area (Å²) in [6, 6.07) is 0. The lowest BCUT2D eigenvalue weighted by Gasteiger charge is -2.21. The number of aliphatic hydroxyl groups is 1. The number of ether oxygens (including phenoxy) is 4. The molecule has 0 fully saturated rings. The van der Waals surface area contributed by atoms with Gasteiger partial charge in [0.05, 0.1) is 26.4 Å². The molecular formula is C84H164O17P2. The van der Waals surface area contributed by atoms with E-state index in [-0.39, 0.29) is 25.7 Å². The van der Waals surface area contributed by atoms with Gasteiger partial charge in [0, 0.05) is 25.7 Å². The molecule has 0 aliphatic heterocycles. The molecule has 5 atom stereocenters. The summed E-state index contributed by atoms with van der Waals surface area (Å²) in [6.45, 7) is 9.66. The van der Waals surface area contributed by atoms with Gasteiger partial charge in [0.2, 0.25) is 0 Å². The molecule has 0 amide bonds. The first-order chi connectivity index (χ1) is 49.9. The third kappa shape index (κ3) is 78.0. The monoisotopic (exact) mass is 1510 g/mol. The van der Waals surface area contributed by atoms with Crippen LogP contribution in [0.2, 0.25) is 0 Å². The van der Waals surface area contributed by atoms with Crippen molar-refractivity contribution in [3.63, 3.8) is 0 Å². The van der Waals surface area contributed by atoms with E-state index in [4.69, 9.17) is 37.0 Å². The van der Waals surface area contributed by atoms with Crippen LogP contribution in [0.1, 0.15) is 446 Å². The molecule has 0 radical (unpaired) electrons. The summed E-state index contributed by atoms with van der Waals surface area (Å²) in [7, 11) is -9.93. The lowest BCUT2D eigenvalue weighted by Crippen LogP contribution is -2.30. The number of esters is 4. The number of hydrogen-bond donors (Lipinski definition) is 3. The normalized spacial score (nSPS) is 13.9. The molecule has 0 spiro atoms. The van der Waals surface area contributed by atoms with Gasteiger partial charge in [-0.15, -0.1) is 0 Å². The van der Waals surface area contributed by atoms with Crippen LogP contribution in [-0.2, 0) is 65.4 Å². The largest absolute Gasteiger partial charge is 0.472 e. The summed E-state index contributed by atoms with van der Waals surface area (Å²) in [5.41, 5.74) is 0. The van der Waals surface area contributed by atoms with Crippen LogP contribution in [-0.4, -0.2) is 96.7 Å². The molecule has 19 heteroatoms. The first-order valence-corrected chi connectivity index (χ1v) is 46.5. The molecule has 0 aromatic heterocycles. The molecule has 0 aliphatic rings. The van der Waals surface area contributed by atoms with Gasteiger partial charge in [-0.25, -0.2) is 9.13 Å². The van der Waals surface area contributed by atoms with E-state index in [2.05, 4.69) is 41.5 Å².